The van der Waals surface area contributed by atoms with Crippen LogP contribution in [0.5, 0.6) is 0 Å². The van der Waals surface area contributed by atoms with Gasteiger partial charge in [-0.25, -0.2) is 4.39 Å². The van der Waals surface area contributed by atoms with Gasteiger partial charge in [0.1, 0.15) is 5.82 Å². The number of allylic oxidation sites excluding steroid dienone is 1. The Morgan fingerprint density at radius 3 is 2.28 bits per heavy atom. The van der Waals surface area contributed by atoms with Crippen molar-refractivity contribution in [1.29, 1.82) is 0 Å². The number of halogens is 1. The molecule has 0 atom stereocenters. The summed E-state index contributed by atoms with van der Waals surface area (Å²) in [5, 5.41) is 8.85. The Balaban J connectivity index is 1.78. The van der Waals surface area contributed by atoms with Crippen LogP contribution in [-0.4, -0.2) is 0 Å². The van der Waals surface area contributed by atoms with Gasteiger partial charge in [0.25, 0.3) is 0 Å². The van der Waals surface area contributed by atoms with Crippen LogP contribution >= 0.6 is 0 Å². The average Bonchev–Trinajstić information content (AvgIpc) is 3.00. The highest BCUT2D eigenvalue weighted by Crippen LogP contribution is 2.39. The average molecular weight is 328 g/mol. The fraction of sp³-hybridized carbons (Fsp3) is 0.0909. The van der Waals surface area contributed by atoms with Crippen LogP contribution in [0.1, 0.15) is 22.3 Å². The SMILES string of the molecule is Cc1ccc(C2=C(N=Nc3ccc(F)cc3)c3ccccc3C2)cc1. The molecule has 0 saturated heterocycles. The highest BCUT2D eigenvalue weighted by molar-refractivity contribution is 5.96. The van der Waals surface area contributed by atoms with Gasteiger partial charge < -0.3 is 0 Å². The number of hydrogen-bond acceptors (Lipinski definition) is 2. The molecule has 0 aliphatic heterocycles. The minimum atomic E-state index is -0.273. The third-order valence-corrected chi connectivity index (χ3v) is 4.42. The van der Waals surface area contributed by atoms with E-state index < -0.39 is 0 Å². The molecule has 0 radical (unpaired) electrons. The molecule has 0 heterocycles. The summed E-state index contributed by atoms with van der Waals surface area (Å²) < 4.78 is 13.1. The lowest BCUT2D eigenvalue weighted by Gasteiger charge is -2.04. The summed E-state index contributed by atoms with van der Waals surface area (Å²) in [4.78, 5) is 0. The second kappa shape index (κ2) is 6.44. The van der Waals surface area contributed by atoms with E-state index in [9.17, 15) is 4.39 Å². The molecule has 1 aliphatic rings. The molecule has 0 aromatic heterocycles. The van der Waals surface area contributed by atoms with Crippen molar-refractivity contribution in [2.24, 2.45) is 10.2 Å². The maximum absolute atomic E-state index is 13.1. The standard InChI is InChI=1S/C22H17FN2/c1-15-6-8-16(9-7-15)21-14-17-4-2-3-5-20(17)22(21)25-24-19-12-10-18(23)11-13-19/h2-13H,14H2,1H3. The molecule has 0 N–H and O–H groups in total. The molecule has 0 unspecified atom stereocenters. The monoisotopic (exact) mass is 328 g/mol. The van der Waals surface area contributed by atoms with Crippen molar-refractivity contribution in [3.63, 3.8) is 0 Å². The molecular formula is C22H17FN2. The maximum atomic E-state index is 13.1. The Labute approximate surface area is 146 Å². The first kappa shape index (κ1) is 15.5. The summed E-state index contributed by atoms with van der Waals surface area (Å²) in [5.41, 5.74) is 7.47. The summed E-state index contributed by atoms with van der Waals surface area (Å²) in [7, 11) is 0. The van der Waals surface area contributed by atoms with Crippen LogP contribution in [0.15, 0.2) is 83.0 Å². The quantitative estimate of drug-likeness (QED) is 0.501. The van der Waals surface area contributed by atoms with Crippen molar-refractivity contribution >= 4 is 17.0 Å². The minimum Gasteiger partial charge on any atom is -0.207 e. The number of azo groups is 1. The largest absolute Gasteiger partial charge is 0.207 e. The van der Waals surface area contributed by atoms with E-state index in [-0.39, 0.29) is 5.82 Å². The van der Waals surface area contributed by atoms with Gasteiger partial charge >= 0.3 is 0 Å². The zero-order valence-corrected chi connectivity index (χ0v) is 13.9. The van der Waals surface area contributed by atoms with Gasteiger partial charge in [0, 0.05) is 12.0 Å². The summed E-state index contributed by atoms with van der Waals surface area (Å²) in [6.45, 7) is 2.08. The van der Waals surface area contributed by atoms with Crippen molar-refractivity contribution in [3.8, 4) is 0 Å². The molecule has 3 aromatic rings. The molecule has 4 rings (SSSR count). The molecule has 3 aromatic carbocycles. The normalized spacial score (nSPS) is 13.5. The number of aryl methyl sites for hydroxylation is 1. The molecule has 0 saturated carbocycles. The number of rotatable bonds is 3. The summed E-state index contributed by atoms with van der Waals surface area (Å²) in [5.74, 6) is -0.273. The molecular weight excluding hydrogens is 311 g/mol. The van der Waals surface area contributed by atoms with E-state index in [4.69, 9.17) is 0 Å². The van der Waals surface area contributed by atoms with E-state index in [1.54, 1.807) is 12.1 Å². The van der Waals surface area contributed by atoms with E-state index >= 15 is 0 Å². The van der Waals surface area contributed by atoms with E-state index in [0.29, 0.717) is 5.69 Å². The van der Waals surface area contributed by atoms with Gasteiger partial charge in [-0.15, -0.1) is 5.11 Å². The summed E-state index contributed by atoms with van der Waals surface area (Å²) in [6.07, 6.45) is 0.844. The van der Waals surface area contributed by atoms with Crippen LogP contribution in [-0.2, 0) is 6.42 Å². The zero-order chi connectivity index (χ0) is 17.2. The Kier molecular flexibility index (Phi) is 3.98. The van der Waals surface area contributed by atoms with Gasteiger partial charge in [-0.05, 0) is 47.9 Å². The number of benzene rings is 3. The van der Waals surface area contributed by atoms with Gasteiger partial charge in [-0.1, -0.05) is 54.1 Å². The van der Waals surface area contributed by atoms with Crippen molar-refractivity contribution in [1.82, 2.24) is 0 Å². The molecule has 3 heteroatoms. The Hall–Kier alpha value is -3.07. The van der Waals surface area contributed by atoms with Crippen LogP contribution in [0.25, 0.3) is 11.3 Å². The topological polar surface area (TPSA) is 24.7 Å². The van der Waals surface area contributed by atoms with Crippen LogP contribution in [0.4, 0.5) is 10.1 Å². The molecule has 2 nitrogen and oxygen atoms in total. The van der Waals surface area contributed by atoms with Crippen LogP contribution in [0.2, 0.25) is 0 Å². The molecule has 0 fully saturated rings. The smallest absolute Gasteiger partial charge is 0.123 e. The predicted octanol–water partition coefficient (Wildman–Crippen LogP) is 6.34. The second-order valence-corrected chi connectivity index (χ2v) is 6.20. The van der Waals surface area contributed by atoms with Crippen molar-refractivity contribution in [2.45, 2.75) is 13.3 Å². The lowest BCUT2D eigenvalue weighted by Crippen LogP contribution is -1.86. The molecule has 25 heavy (non-hydrogen) atoms. The fourth-order valence-electron chi connectivity index (χ4n) is 3.07. The number of fused-ring (bicyclic) bond motifs is 1. The van der Waals surface area contributed by atoms with Crippen LogP contribution in [0, 0.1) is 12.7 Å². The molecule has 122 valence electrons. The second-order valence-electron chi connectivity index (χ2n) is 6.20. The lowest BCUT2D eigenvalue weighted by atomic mass is 10.0. The minimum absolute atomic E-state index is 0.273. The van der Waals surface area contributed by atoms with E-state index in [2.05, 4.69) is 53.6 Å². The Morgan fingerprint density at radius 1 is 0.800 bits per heavy atom. The highest BCUT2D eigenvalue weighted by atomic mass is 19.1. The van der Waals surface area contributed by atoms with Gasteiger partial charge in [0.2, 0.25) is 0 Å². The zero-order valence-electron chi connectivity index (χ0n) is 13.9. The van der Waals surface area contributed by atoms with E-state index in [0.717, 1.165) is 23.2 Å². The number of nitrogens with zero attached hydrogens (tertiary/aromatic N) is 2. The fourth-order valence-corrected chi connectivity index (χ4v) is 3.07. The van der Waals surface area contributed by atoms with Gasteiger partial charge in [0.15, 0.2) is 0 Å². The Morgan fingerprint density at radius 2 is 1.52 bits per heavy atom. The van der Waals surface area contributed by atoms with Gasteiger partial charge in [-0.3, -0.25) is 0 Å². The van der Waals surface area contributed by atoms with E-state index in [1.807, 2.05) is 12.1 Å². The third-order valence-electron chi connectivity index (χ3n) is 4.42. The Bertz CT molecular complexity index is 968. The molecule has 1 aliphatic carbocycles. The van der Waals surface area contributed by atoms with Crippen molar-refractivity contribution in [3.05, 3.63) is 101 Å². The first-order valence-corrected chi connectivity index (χ1v) is 8.26. The highest BCUT2D eigenvalue weighted by Gasteiger charge is 2.22. The summed E-state index contributed by atoms with van der Waals surface area (Å²) >= 11 is 0. The van der Waals surface area contributed by atoms with Gasteiger partial charge in [-0.2, -0.15) is 5.11 Å². The number of hydrogen-bond donors (Lipinski definition) is 0. The maximum Gasteiger partial charge on any atom is 0.123 e. The molecule has 0 spiro atoms. The molecule has 0 amide bonds. The first-order chi connectivity index (χ1) is 12.2. The first-order valence-electron chi connectivity index (χ1n) is 8.26. The van der Waals surface area contributed by atoms with Crippen LogP contribution in [0.3, 0.4) is 0 Å². The van der Waals surface area contributed by atoms with E-state index in [1.165, 1.54) is 28.8 Å². The van der Waals surface area contributed by atoms with Crippen molar-refractivity contribution in [2.75, 3.05) is 0 Å². The predicted molar refractivity (Wildman–Crippen MR) is 99.1 cm³/mol. The van der Waals surface area contributed by atoms with Crippen LogP contribution < -0.4 is 0 Å². The van der Waals surface area contributed by atoms with Gasteiger partial charge in [0.05, 0.1) is 11.4 Å². The van der Waals surface area contributed by atoms with Crippen molar-refractivity contribution < 1.29 is 4.39 Å². The molecule has 0 bridgehead atoms. The lowest BCUT2D eigenvalue weighted by molar-refractivity contribution is 0.628. The summed E-state index contributed by atoms with van der Waals surface area (Å²) in [6, 6.07) is 22.8. The third kappa shape index (κ3) is 3.13.